The van der Waals surface area contributed by atoms with Gasteiger partial charge in [-0.15, -0.1) is 0 Å². The van der Waals surface area contributed by atoms with Crippen LogP contribution >= 0.6 is 0 Å². The summed E-state index contributed by atoms with van der Waals surface area (Å²) in [6.45, 7) is 5.55. The molecule has 2 unspecified atom stereocenters. The minimum Gasteiger partial charge on any atom is -0.481 e. The summed E-state index contributed by atoms with van der Waals surface area (Å²) < 4.78 is 5.61. The second kappa shape index (κ2) is 8.47. The van der Waals surface area contributed by atoms with Crippen molar-refractivity contribution in [2.45, 2.75) is 32.9 Å². The van der Waals surface area contributed by atoms with E-state index in [1.807, 2.05) is 50.4 Å². The molecular weight excluding hydrogens is 390 g/mol. The van der Waals surface area contributed by atoms with Crippen molar-refractivity contribution >= 4 is 22.6 Å². The lowest BCUT2D eigenvalue weighted by atomic mass is 10.1. The number of hydrogen-bond donors (Lipinski definition) is 3. The summed E-state index contributed by atoms with van der Waals surface area (Å²) in [5.41, 5.74) is 9.23. The topological polar surface area (TPSA) is 106 Å². The highest BCUT2D eigenvalue weighted by Crippen LogP contribution is 2.27. The molecule has 0 saturated heterocycles. The molecule has 2 aromatic carbocycles. The van der Waals surface area contributed by atoms with Gasteiger partial charge in [0.2, 0.25) is 0 Å². The fourth-order valence-corrected chi connectivity index (χ4v) is 3.42. The molecule has 7 nitrogen and oxygen atoms in total. The number of benzene rings is 2. The number of hydrogen-bond acceptors (Lipinski definition) is 5. The van der Waals surface area contributed by atoms with E-state index in [-0.39, 0.29) is 6.04 Å². The van der Waals surface area contributed by atoms with Gasteiger partial charge in [-0.25, -0.2) is 9.97 Å². The van der Waals surface area contributed by atoms with E-state index in [9.17, 15) is 4.79 Å². The molecule has 0 fully saturated rings. The Morgan fingerprint density at radius 2 is 1.94 bits per heavy atom. The third kappa shape index (κ3) is 4.66. The molecule has 4 aromatic rings. The van der Waals surface area contributed by atoms with Crippen LogP contribution in [-0.4, -0.2) is 27.0 Å². The average molecular weight is 415 g/mol. The van der Waals surface area contributed by atoms with E-state index in [0.717, 1.165) is 33.5 Å². The molecule has 2 heterocycles. The van der Waals surface area contributed by atoms with Gasteiger partial charge in [-0.2, -0.15) is 0 Å². The summed E-state index contributed by atoms with van der Waals surface area (Å²) in [5.74, 6) is 1.51. The Balaban J connectivity index is 1.56. The number of H-pyrrole nitrogens is 1. The summed E-state index contributed by atoms with van der Waals surface area (Å²) >= 11 is 0. The van der Waals surface area contributed by atoms with Crippen molar-refractivity contribution in [3.8, 4) is 17.0 Å². The fourth-order valence-electron chi connectivity index (χ4n) is 3.42. The highest BCUT2D eigenvalue weighted by Gasteiger charge is 2.13. The molecule has 0 spiro atoms. The Morgan fingerprint density at radius 3 is 2.74 bits per heavy atom. The van der Waals surface area contributed by atoms with Crippen LogP contribution in [0.4, 0.5) is 5.82 Å². The molecule has 0 saturated carbocycles. The molecule has 0 aliphatic rings. The average Bonchev–Trinajstić information content (AvgIpc) is 3.21. The molecule has 2 aromatic heterocycles. The quantitative estimate of drug-likeness (QED) is 0.416. The van der Waals surface area contributed by atoms with E-state index < -0.39 is 12.0 Å². The van der Waals surface area contributed by atoms with Crippen molar-refractivity contribution in [1.82, 2.24) is 15.0 Å². The van der Waals surface area contributed by atoms with Gasteiger partial charge in [0, 0.05) is 23.3 Å². The number of aromatic amines is 1. The monoisotopic (exact) mass is 415 g/mol. The molecule has 158 valence electrons. The molecule has 0 bridgehead atoms. The zero-order valence-corrected chi connectivity index (χ0v) is 17.7. The normalized spacial score (nSPS) is 13.0. The zero-order chi connectivity index (χ0) is 22.0. The first kappa shape index (κ1) is 20.4. The Bertz CT molecular complexity index is 1230. The number of carbonyl (C=O) groups is 1. The van der Waals surface area contributed by atoms with E-state index in [4.69, 9.17) is 10.5 Å². The summed E-state index contributed by atoms with van der Waals surface area (Å²) in [5, 5.41) is 4.60. The van der Waals surface area contributed by atoms with Gasteiger partial charge >= 0.3 is 0 Å². The van der Waals surface area contributed by atoms with Crippen LogP contribution in [0.2, 0.25) is 0 Å². The van der Waals surface area contributed by atoms with Crippen LogP contribution < -0.4 is 15.8 Å². The summed E-state index contributed by atoms with van der Waals surface area (Å²) in [6, 6.07) is 17.8. The third-order valence-electron chi connectivity index (χ3n) is 5.12. The molecule has 4 rings (SSSR count). The van der Waals surface area contributed by atoms with Crippen LogP contribution in [0.5, 0.6) is 5.75 Å². The summed E-state index contributed by atoms with van der Waals surface area (Å²) in [4.78, 5) is 23.7. The maximum atomic E-state index is 11.3. The first-order valence-electron chi connectivity index (χ1n) is 10.1. The maximum Gasteiger partial charge on any atom is 0.258 e. The number of anilines is 1. The van der Waals surface area contributed by atoms with Gasteiger partial charge in [-0.1, -0.05) is 24.3 Å². The number of nitrogens with zero attached hydrogens (tertiary/aromatic N) is 2. The van der Waals surface area contributed by atoms with Crippen molar-refractivity contribution in [3.63, 3.8) is 0 Å². The van der Waals surface area contributed by atoms with Gasteiger partial charge in [-0.05, 0) is 56.0 Å². The van der Waals surface area contributed by atoms with E-state index >= 15 is 0 Å². The van der Waals surface area contributed by atoms with Crippen molar-refractivity contribution in [3.05, 3.63) is 72.2 Å². The van der Waals surface area contributed by atoms with Gasteiger partial charge in [0.05, 0.1) is 11.7 Å². The number of ether oxygens (including phenoxy) is 1. The van der Waals surface area contributed by atoms with Crippen molar-refractivity contribution in [1.29, 1.82) is 0 Å². The molecule has 31 heavy (non-hydrogen) atoms. The van der Waals surface area contributed by atoms with Gasteiger partial charge in [0.15, 0.2) is 6.10 Å². The fraction of sp³-hybridized carbons (Fsp3) is 0.208. The van der Waals surface area contributed by atoms with Crippen LogP contribution in [0.3, 0.4) is 0 Å². The smallest absolute Gasteiger partial charge is 0.258 e. The van der Waals surface area contributed by atoms with E-state index in [1.165, 1.54) is 0 Å². The molecule has 2 atom stereocenters. The number of nitrogens with one attached hydrogen (secondary N) is 2. The van der Waals surface area contributed by atoms with Crippen molar-refractivity contribution in [2.75, 3.05) is 5.32 Å². The number of fused-ring (bicyclic) bond motifs is 1. The number of aromatic nitrogens is 3. The number of carbonyl (C=O) groups excluding carboxylic acids is 1. The van der Waals surface area contributed by atoms with E-state index in [1.54, 1.807) is 13.0 Å². The first-order valence-corrected chi connectivity index (χ1v) is 10.1. The second-order valence-electron chi connectivity index (χ2n) is 7.57. The van der Waals surface area contributed by atoms with Crippen LogP contribution in [0.1, 0.15) is 31.3 Å². The molecule has 4 N–H and O–H groups in total. The lowest BCUT2D eigenvalue weighted by molar-refractivity contribution is -0.123. The molecule has 1 amide bonds. The van der Waals surface area contributed by atoms with Crippen LogP contribution in [0, 0.1) is 6.92 Å². The number of rotatable bonds is 7. The Kier molecular flexibility index (Phi) is 5.58. The maximum absolute atomic E-state index is 11.3. The third-order valence-corrected chi connectivity index (χ3v) is 5.12. The molecule has 0 aliphatic heterocycles. The highest BCUT2D eigenvalue weighted by atomic mass is 16.5. The van der Waals surface area contributed by atoms with Gasteiger partial charge in [0.25, 0.3) is 5.91 Å². The Morgan fingerprint density at radius 1 is 1.10 bits per heavy atom. The number of amides is 1. The van der Waals surface area contributed by atoms with Crippen LogP contribution in [-0.2, 0) is 4.79 Å². The largest absolute Gasteiger partial charge is 0.481 e. The van der Waals surface area contributed by atoms with Gasteiger partial charge < -0.3 is 20.8 Å². The SMILES string of the molecule is Cc1nc(NC(C)c2cccc(OC(C)C(N)=O)c2)cc(-c2ccc3cc[nH]c3c2)n1. The molecule has 0 aliphatic carbocycles. The zero-order valence-electron chi connectivity index (χ0n) is 17.7. The summed E-state index contributed by atoms with van der Waals surface area (Å²) in [6.07, 6.45) is 1.23. The number of aryl methyl sites for hydroxylation is 1. The van der Waals surface area contributed by atoms with Crippen molar-refractivity contribution < 1.29 is 9.53 Å². The van der Waals surface area contributed by atoms with Crippen LogP contribution in [0.25, 0.3) is 22.2 Å². The molecule has 7 heteroatoms. The standard InChI is InChI=1S/C24H25N5O2/c1-14(18-5-4-6-20(11-18)31-15(2)24(25)30)27-23-13-22(28-16(3)29-23)19-8-7-17-9-10-26-21(17)12-19/h4-15,26H,1-3H3,(H2,25,30)(H,27,28,29). The predicted octanol–water partition coefficient (Wildman–Crippen LogP) is 4.36. The predicted molar refractivity (Wildman–Crippen MR) is 122 cm³/mol. The first-order chi connectivity index (χ1) is 14.9. The number of nitrogens with two attached hydrogens (primary N) is 1. The Hall–Kier alpha value is -3.87. The van der Waals surface area contributed by atoms with Gasteiger partial charge in [0.1, 0.15) is 17.4 Å². The number of primary amides is 1. The molecular formula is C24H25N5O2. The summed E-state index contributed by atoms with van der Waals surface area (Å²) in [7, 11) is 0. The molecule has 0 radical (unpaired) electrons. The minimum absolute atomic E-state index is 0.0412. The van der Waals surface area contributed by atoms with E-state index in [2.05, 4.69) is 38.5 Å². The van der Waals surface area contributed by atoms with E-state index in [0.29, 0.717) is 11.6 Å². The van der Waals surface area contributed by atoms with Crippen LogP contribution in [0.15, 0.2) is 60.8 Å². The minimum atomic E-state index is -0.692. The van der Waals surface area contributed by atoms with Crippen molar-refractivity contribution in [2.24, 2.45) is 5.73 Å². The van der Waals surface area contributed by atoms with Gasteiger partial charge in [-0.3, -0.25) is 4.79 Å². The lowest BCUT2D eigenvalue weighted by Gasteiger charge is -2.18. The highest BCUT2D eigenvalue weighted by molar-refractivity contribution is 5.84. The Labute approximate surface area is 180 Å². The second-order valence-corrected chi connectivity index (χ2v) is 7.57. The lowest BCUT2D eigenvalue weighted by Crippen LogP contribution is -2.30.